The van der Waals surface area contributed by atoms with E-state index in [1.54, 1.807) is 19.0 Å². The highest BCUT2D eigenvalue weighted by molar-refractivity contribution is 5.94. The van der Waals surface area contributed by atoms with Crippen LogP contribution in [0.2, 0.25) is 0 Å². The van der Waals surface area contributed by atoms with Crippen molar-refractivity contribution in [3.8, 4) is 11.3 Å². The lowest BCUT2D eigenvalue weighted by molar-refractivity contribution is 0.0827. The number of rotatable bonds is 2. The molecule has 3 heteroatoms. The molecule has 1 aromatic heterocycles. The van der Waals surface area contributed by atoms with E-state index in [0.29, 0.717) is 5.56 Å². The average molecular weight is 282 g/mol. The molecular formula is C18H22N2O. The molecule has 2 rings (SSSR count). The molecule has 3 nitrogen and oxygen atoms in total. The molecule has 110 valence electrons. The number of benzene rings is 1. The minimum atomic E-state index is 0.0117. The van der Waals surface area contributed by atoms with E-state index < -0.39 is 0 Å². The van der Waals surface area contributed by atoms with Crippen molar-refractivity contribution in [2.75, 3.05) is 14.1 Å². The summed E-state index contributed by atoms with van der Waals surface area (Å²) >= 11 is 0. The van der Waals surface area contributed by atoms with Crippen molar-refractivity contribution >= 4 is 5.91 Å². The normalized spacial score (nSPS) is 11.3. The van der Waals surface area contributed by atoms with Crippen LogP contribution in [0.15, 0.2) is 42.6 Å². The molecule has 1 aromatic carbocycles. The predicted octanol–water partition coefficient (Wildman–Crippen LogP) is 3.75. The number of nitrogens with zero attached hydrogens (tertiary/aromatic N) is 2. The van der Waals surface area contributed by atoms with E-state index in [1.165, 1.54) is 5.56 Å². The Morgan fingerprint density at radius 3 is 2.05 bits per heavy atom. The minimum Gasteiger partial charge on any atom is -0.345 e. The summed E-state index contributed by atoms with van der Waals surface area (Å²) in [5.74, 6) is 0.0117. The Kier molecular flexibility index (Phi) is 4.12. The van der Waals surface area contributed by atoms with Crippen LogP contribution in [0, 0.1) is 0 Å². The van der Waals surface area contributed by atoms with Crippen molar-refractivity contribution in [3.05, 3.63) is 53.7 Å². The zero-order valence-corrected chi connectivity index (χ0v) is 13.3. The molecule has 0 aliphatic rings. The lowest BCUT2D eigenvalue weighted by Gasteiger charge is -2.18. The van der Waals surface area contributed by atoms with E-state index in [9.17, 15) is 4.79 Å². The monoisotopic (exact) mass is 282 g/mol. The van der Waals surface area contributed by atoms with Crippen LogP contribution in [-0.4, -0.2) is 29.9 Å². The summed E-state index contributed by atoms with van der Waals surface area (Å²) in [6.07, 6.45) is 1.92. The van der Waals surface area contributed by atoms with Crippen molar-refractivity contribution in [1.29, 1.82) is 0 Å². The average Bonchev–Trinajstić information content (AvgIpc) is 2.46. The standard InChI is InChI=1S/C18H22N2O/c1-18(2,3)15-10-11-16(19-12-15)13-6-8-14(9-7-13)17(21)20(4)5/h6-12H,1-5H3. The van der Waals surface area contributed by atoms with Gasteiger partial charge in [-0.05, 0) is 29.2 Å². The third-order valence-electron chi connectivity index (χ3n) is 3.46. The molecule has 0 N–H and O–H groups in total. The molecule has 1 heterocycles. The van der Waals surface area contributed by atoms with Gasteiger partial charge in [0.25, 0.3) is 5.91 Å². The molecule has 0 spiro atoms. The number of hydrogen-bond donors (Lipinski definition) is 0. The van der Waals surface area contributed by atoms with Crippen LogP contribution >= 0.6 is 0 Å². The highest BCUT2D eigenvalue weighted by Crippen LogP contribution is 2.24. The van der Waals surface area contributed by atoms with Crippen molar-refractivity contribution in [2.24, 2.45) is 0 Å². The lowest BCUT2D eigenvalue weighted by Crippen LogP contribution is -2.21. The SMILES string of the molecule is CN(C)C(=O)c1ccc(-c2ccc(C(C)(C)C)cn2)cc1. The number of amides is 1. The van der Waals surface area contributed by atoms with Gasteiger partial charge in [0.15, 0.2) is 0 Å². The quantitative estimate of drug-likeness (QED) is 0.840. The molecule has 0 atom stereocenters. The summed E-state index contributed by atoms with van der Waals surface area (Å²) < 4.78 is 0. The zero-order valence-electron chi connectivity index (χ0n) is 13.3. The number of aromatic nitrogens is 1. The summed E-state index contributed by atoms with van der Waals surface area (Å²) in [7, 11) is 3.51. The maximum absolute atomic E-state index is 11.9. The van der Waals surface area contributed by atoms with Crippen molar-refractivity contribution in [1.82, 2.24) is 9.88 Å². The third-order valence-corrected chi connectivity index (χ3v) is 3.46. The molecule has 0 fully saturated rings. The minimum absolute atomic E-state index is 0.0117. The van der Waals surface area contributed by atoms with E-state index in [4.69, 9.17) is 0 Å². The molecule has 0 radical (unpaired) electrons. The lowest BCUT2D eigenvalue weighted by atomic mass is 9.88. The second-order valence-electron chi connectivity index (χ2n) is 6.46. The first-order valence-corrected chi connectivity index (χ1v) is 7.07. The van der Waals surface area contributed by atoms with Gasteiger partial charge in [0, 0.05) is 31.4 Å². The summed E-state index contributed by atoms with van der Waals surface area (Å²) in [4.78, 5) is 18.0. The van der Waals surface area contributed by atoms with Gasteiger partial charge in [0.1, 0.15) is 0 Å². The van der Waals surface area contributed by atoms with Crippen LogP contribution in [0.4, 0.5) is 0 Å². The van der Waals surface area contributed by atoms with E-state index in [-0.39, 0.29) is 11.3 Å². The molecule has 0 aliphatic carbocycles. The Balaban J connectivity index is 2.25. The molecule has 0 saturated carbocycles. The number of hydrogen-bond acceptors (Lipinski definition) is 2. The summed E-state index contributed by atoms with van der Waals surface area (Å²) in [5.41, 5.74) is 3.95. The zero-order chi connectivity index (χ0) is 15.6. The van der Waals surface area contributed by atoms with Crippen molar-refractivity contribution in [3.63, 3.8) is 0 Å². The van der Waals surface area contributed by atoms with E-state index in [1.807, 2.05) is 36.5 Å². The number of carbonyl (C=O) groups is 1. The van der Waals surface area contributed by atoms with E-state index >= 15 is 0 Å². The van der Waals surface area contributed by atoms with Crippen molar-refractivity contribution in [2.45, 2.75) is 26.2 Å². The number of pyridine rings is 1. The van der Waals surface area contributed by atoms with Gasteiger partial charge in [-0.15, -0.1) is 0 Å². The van der Waals surface area contributed by atoms with Crippen LogP contribution < -0.4 is 0 Å². The van der Waals surface area contributed by atoms with Gasteiger partial charge in [-0.25, -0.2) is 0 Å². The summed E-state index contributed by atoms with van der Waals surface area (Å²) in [5, 5.41) is 0. The predicted molar refractivity (Wildman–Crippen MR) is 86.4 cm³/mol. The molecule has 0 bridgehead atoms. The molecule has 2 aromatic rings. The topological polar surface area (TPSA) is 33.2 Å². The Morgan fingerprint density at radius 1 is 1.00 bits per heavy atom. The largest absolute Gasteiger partial charge is 0.345 e. The fourth-order valence-electron chi connectivity index (χ4n) is 2.05. The second kappa shape index (κ2) is 5.68. The smallest absolute Gasteiger partial charge is 0.253 e. The highest BCUT2D eigenvalue weighted by atomic mass is 16.2. The van der Waals surface area contributed by atoms with Crippen LogP contribution in [0.1, 0.15) is 36.7 Å². The fourth-order valence-corrected chi connectivity index (χ4v) is 2.05. The molecule has 0 aliphatic heterocycles. The Bertz CT molecular complexity index is 620. The van der Waals surface area contributed by atoms with Crippen LogP contribution in [0.25, 0.3) is 11.3 Å². The highest BCUT2D eigenvalue weighted by Gasteiger charge is 2.14. The summed E-state index contributed by atoms with van der Waals surface area (Å²) in [6.45, 7) is 6.52. The van der Waals surface area contributed by atoms with Crippen molar-refractivity contribution < 1.29 is 4.79 Å². The third kappa shape index (κ3) is 3.48. The molecule has 0 saturated heterocycles. The Hall–Kier alpha value is -2.16. The molecule has 21 heavy (non-hydrogen) atoms. The number of carbonyl (C=O) groups excluding carboxylic acids is 1. The Morgan fingerprint density at radius 2 is 1.62 bits per heavy atom. The van der Waals surface area contributed by atoms with Gasteiger partial charge >= 0.3 is 0 Å². The fraction of sp³-hybridized carbons (Fsp3) is 0.333. The first-order chi connectivity index (χ1) is 9.79. The van der Waals surface area contributed by atoms with E-state index in [0.717, 1.165) is 11.3 Å². The molecular weight excluding hydrogens is 260 g/mol. The Labute approximate surface area is 126 Å². The second-order valence-corrected chi connectivity index (χ2v) is 6.46. The first kappa shape index (κ1) is 15.2. The molecule has 1 amide bonds. The van der Waals surface area contributed by atoms with Crippen LogP contribution in [0.3, 0.4) is 0 Å². The van der Waals surface area contributed by atoms with Crippen LogP contribution in [0.5, 0.6) is 0 Å². The van der Waals surface area contributed by atoms with Crippen LogP contribution in [-0.2, 0) is 5.41 Å². The first-order valence-electron chi connectivity index (χ1n) is 7.07. The van der Waals surface area contributed by atoms with E-state index in [2.05, 4.69) is 31.8 Å². The maximum atomic E-state index is 11.9. The van der Waals surface area contributed by atoms with Gasteiger partial charge in [-0.1, -0.05) is 39.0 Å². The van der Waals surface area contributed by atoms with Gasteiger partial charge < -0.3 is 4.90 Å². The van der Waals surface area contributed by atoms with Gasteiger partial charge in [0.05, 0.1) is 5.69 Å². The maximum Gasteiger partial charge on any atom is 0.253 e. The van der Waals surface area contributed by atoms with Gasteiger partial charge in [0.2, 0.25) is 0 Å². The van der Waals surface area contributed by atoms with Gasteiger partial charge in [-0.2, -0.15) is 0 Å². The molecule has 0 unspecified atom stereocenters. The summed E-state index contributed by atoms with van der Waals surface area (Å²) in [6, 6.07) is 11.7. The van der Waals surface area contributed by atoms with Gasteiger partial charge in [-0.3, -0.25) is 9.78 Å².